The molecule has 1 saturated heterocycles. The Hall–Kier alpha value is -4.35. The molecule has 1 atom stereocenters. The van der Waals surface area contributed by atoms with Gasteiger partial charge in [-0.25, -0.2) is 0 Å². The standard InChI is InChI=1S/C34H35N3O6S2/c1-5-18-43-26-17-14-24(19-27(26)42-7-3)29-28(30(38)23-12-15-25(16-13-23)41-6-2)31(39)32(40)37(29)33-35-36-34(45-33)44-20-22-10-8-21(4)9-11-22/h8-17,19,29,38H,5-7,18,20H2,1-4H3. The van der Waals surface area contributed by atoms with Gasteiger partial charge in [-0.3, -0.25) is 14.5 Å². The number of rotatable bonds is 13. The molecule has 234 valence electrons. The number of anilines is 1. The van der Waals surface area contributed by atoms with Crippen molar-refractivity contribution in [3.05, 3.63) is 94.6 Å². The highest BCUT2D eigenvalue weighted by atomic mass is 32.2. The van der Waals surface area contributed by atoms with Crippen LogP contribution in [0.2, 0.25) is 0 Å². The Morgan fingerprint density at radius 3 is 2.33 bits per heavy atom. The van der Waals surface area contributed by atoms with E-state index in [0.717, 1.165) is 12.0 Å². The molecule has 1 amide bonds. The highest BCUT2D eigenvalue weighted by Gasteiger charge is 2.48. The molecule has 0 saturated carbocycles. The van der Waals surface area contributed by atoms with Crippen molar-refractivity contribution >= 4 is 45.7 Å². The van der Waals surface area contributed by atoms with Crippen LogP contribution in [-0.4, -0.2) is 46.8 Å². The molecule has 9 nitrogen and oxygen atoms in total. The predicted molar refractivity (Wildman–Crippen MR) is 176 cm³/mol. The molecule has 1 aromatic heterocycles. The summed E-state index contributed by atoms with van der Waals surface area (Å²) in [4.78, 5) is 28.7. The molecule has 0 radical (unpaired) electrons. The van der Waals surface area contributed by atoms with E-state index in [1.807, 2.05) is 27.7 Å². The lowest BCUT2D eigenvalue weighted by molar-refractivity contribution is -0.132. The van der Waals surface area contributed by atoms with Crippen LogP contribution in [0.1, 0.15) is 55.5 Å². The van der Waals surface area contributed by atoms with Crippen LogP contribution in [0.4, 0.5) is 5.13 Å². The number of nitrogens with zero attached hydrogens (tertiary/aromatic N) is 3. The third-order valence-electron chi connectivity index (χ3n) is 7.01. The first kappa shape index (κ1) is 32.1. The summed E-state index contributed by atoms with van der Waals surface area (Å²) in [6.45, 7) is 9.18. The number of aryl methyl sites for hydroxylation is 1. The van der Waals surface area contributed by atoms with Gasteiger partial charge < -0.3 is 19.3 Å². The van der Waals surface area contributed by atoms with Crippen LogP contribution in [0.5, 0.6) is 17.2 Å². The molecule has 5 rings (SSSR count). The normalized spacial score (nSPS) is 15.8. The summed E-state index contributed by atoms with van der Waals surface area (Å²) in [5.74, 6) is 0.401. The van der Waals surface area contributed by atoms with Crippen molar-refractivity contribution in [3.8, 4) is 17.2 Å². The SMILES string of the molecule is CCCOc1ccc(C2C(=C(O)c3ccc(OCC)cc3)C(=O)C(=O)N2c2nnc(SCc3ccc(C)cc3)s2)cc1OCC. The van der Waals surface area contributed by atoms with Crippen molar-refractivity contribution in [1.29, 1.82) is 0 Å². The van der Waals surface area contributed by atoms with E-state index in [1.165, 1.54) is 33.6 Å². The monoisotopic (exact) mass is 645 g/mol. The number of hydrogen-bond donors (Lipinski definition) is 1. The zero-order valence-electron chi connectivity index (χ0n) is 25.6. The molecule has 45 heavy (non-hydrogen) atoms. The second-order valence-electron chi connectivity index (χ2n) is 10.2. The van der Waals surface area contributed by atoms with Gasteiger partial charge in [-0.15, -0.1) is 10.2 Å². The van der Waals surface area contributed by atoms with E-state index in [9.17, 15) is 14.7 Å². The first-order chi connectivity index (χ1) is 21.8. The first-order valence-electron chi connectivity index (χ1n) is 14.8. The molecular formula is C34H35N3O6S2. The third-order valence-corrected chi connectivity index (χ3v) is 9.14. The highest BCUT2D eigenvalue weighted by Crippen LogP contribution is 2.45. The molecule has 3 aromatic carbocycles. The molecule has 2 heterocycles. The van der Waals surface area contributed by atoms with Gasteiger partial charge in [0.1, 0.15) is 11.5 Å². The van der Waals surface area contributed by atoms with Crippen LogP contribution in [0.25, 0.3) is 5.76 Å². The van der Waals surface area contributed by atoms with Gasteiger partial charge in [0.05, 0.1) is 31.4 Å². The van der Waals surface area contributed by atoms with Crippen molar-refractivity contribution in [1.82, 2.24) is 10.2 Å². The summed E-state index contributed by atoms with van der Waals surface area (Å²) in [5, 5.41) is 20.4. The lowest BCUT2D eigenvalue weighted by Gasteiger charge is -2.23. The molecule has 0 bridgehead atoms. The smallest absolute Gasteiger partial charge is 0.301 e. The van der Waals surface area contributed by atoms with E-state index >= 15 is 0 Å². The molecule has 0 aliphatic carbocycles. The fourth-order valence-electron chi connectivity index (χ4n) is 4.86. The van der Waals surface area contributed by atoms with Gasteiger partial charge in [0, 0.05) is 11.3 Å². The van der Waals surface area contributed by atoms with E-state index in [4.69, 9.17) is 14.2 Å². The number of ether oxygens (including phenoxy) is 3. The zero-order chi connectivity index (χ0) is 31.9. The number of thioether (sulfide) groups is 1. The summed E-state index contributed by atoms with van der Waals surface area (Å²) >= 11 is 2.72. The average molecular weight is 646 g/mol. The average Bonchev–Trinajstić information content (AvgIpc) is 3.62. The fraction of sp³-hybridized carbons (Fsp3) is 0.294. The number of amides is 1. The lowest BCUT2D eigenvalue weighted by Crippen LogP contribution is -2.29. The second-order valence-corrected chi connectivity index (χ2v) is 12.4. The minimum Gasteiger partial charge on any atom is -0.507 e. The Bertz CT molecular complexity index is 1690. The largest absolute Gasteiger partial charge is 0.507 e. The maximum Gasteiger partial charge on any atom is 0.301 e. The van der Waals surface area contributed by atoms with Crippen LogP contribution in [0.15, 0.2) is 76.6 Å². The summed E-state index contributed by atoms with van der Waals surface area (Å²) in [6, 6.07) is 19.3. The van der Waals surface area contributed by atoms with E-state index in [0.29, 0.717) is 58.3 Å². The van der Waals surface area contributed by atoms with E-state index in [1.54, 1.807) is 42.5 Å². The van der Waals surface area contributed by atoms with Crippen molar-refractivity contribution in [3.63, 3.8) is 0 Å². The quantitative estimate of drug-likeness (QED) is 0.0524. The number of aliphatic hydroxyl groups is 1. The molecule has 4 aromatic rings. The molecule has 0 spiro atoms. The summed E-state index contributed by atoms with van der Waals surface area (Å²) in [5.41, 5.74) is 3.18. The summed E-state index contributed by atoms with van der Waals surface area (Å²) in [6.07, 6.45) is 0.816. The second kappa shape index (κ2) is 14.6. The molecule has 11 heteroatoms. The van der Waals surface area contributed by atoms with Crippen LogP contribution in [0, 0.1) is 6.92 Å². The molecule has 1 aliphatic rings. The maximum atomic E-state index is 13.7. The van der Waals surface area contributed by atoms with Gasteiger partial charge in [-0.2, -0.15) is 0 Å². The Balaban J connectivity index is 1.56. The van der Waals surface area contributed by atoms with Gasteiger partial charge in [-0.05, 0) is 74.7 Å². The van der Waals surface area contributed by atoms with Gasteiger partial charge in [0.25, 0.3) is 5.78 Å². The molecule has 1 N–H and O–H groups in total. The molecule has 1 aliphatic heterocycles. The Kier molecular flexibility index (Phi) is 10.4. The van der Waals surface area contributed by atoms with Crippen molar-refractivity contribution in [2.24, 2.45) is 0 Å². The predicted octanol–water partition coefficient (Wildman–Crippen LogP) is 7.35. The highest BCUT2D eigenvalue weighted by molar-refractivity contribution is 8.00. The molecule has 1 fully saturated rings. The van der Waals surface area contributed by atoms with E-state index < -0.39 is 17.7 Å². The fourth-order valence-corrected chi connectivity index (χ4v) is 6.68. The van der Waals surface area contributed by atoms with Crippen LogP contribution < -0.4 is 19.1 Å². The number of carbonyl (C=O) groups excluding carboxylic acids is 2. The molecule has 1 unspecified atom stereocenters. The third kappa shape index (κ3) is 7.15. The van der Waals surface area contributed by atoms with Crippen LogP contribution in [0.3, 0.4) is 0 Å². The van der Waals surface area contributed by atoms with E-state index in [2.05, 4.69) is 34.5 Å². The summed E-state index contributed by atoms with van der Waals surface area (Å²) in [7, 11) is 0. The number of Topliss-reactive ketones (excluding diaryl/α,β-unsaturated/α-hetero) is 1. The van der Waals surface area contributed by atoms with Gasteiger partial charge >= 0.3 is 5.91 Å². The number of aliphatic hydroxyl groups excluding tert-OH is 1. The minimum atomic E-state index is -0.987. The zero-order valence-corrected chi connectivity index (χ0v) is 27.2. The number of benzene rings is 3. The van der Waals surface area contributed by atoms with Gasteiger partial charge in [-0.1, -0.05) is 65.9 Å². The number of hydrogen-bond acceptors (Lipinski definition) is 10. The van der Waals surface area contributed by atoms with Crippen LogP contribution >= 0.6 is 23.1 Å². The minimum absolute atomic E-state index is 0.0575. The Labute approximate surface area is 270 Å². The number of carbonyl (C=O) groups is 2. The lowest BCUT2D eigenvalue weighted by atomic mass is 9.95. The topological polar surface area (TPSA) is 111 Å². The van der Waals surface area contributed by atoms with Crippen LogP contribution in [-0.2, 0) is 15.3 Å². The first-order valence-corrected chi connectivity index (χ1v) is 16.6. The van der Waals surface area contributed by atoms with Crippen molar-refractivity contribution in [2.45, 2.75) is 50.3 Å². The van der Waals surface area contributed by atoms with E-state index in [-0.39, 0.29) is 16.5 Å². The van der Waals surface area contributed by atoms with Crippen molar-refractivity contribution in [2.75, 3.05) is 24.7 Å². The summed E-state index contributed by atoms with van der Waals surface area (Å²) < 4.78 is 18.0. The van der Waals surface area contributed by atoms with Gasteiger partial charge in [0.2, 0.25) is 5.13 Å². The maximum absolute atomic E-state index is 13.7. The number of ketones is 1. The van der Waals surface area contributed by atoms with Crippen molar-refractivity contribution < 1.29 is 28.9 Å². The Morgan fingerprint density at radius 2 is 1.64 bits per heavy atom. The Morgan fingerprint density at radius 1 is 0.911 bits per heavy atom. The van der Waals surface area contributed by atoms with Gasteiger partial charge in [0.15, 0.2) is 15.8 Å². The molecular weight excluding hydrogens is 611 g/mol. The number of aromatic nitrogens is 2.